The number of aromatic nitrogens is 1. The van der Waals surface area contributed by atoms with Gasteiger partial charge in [0.05, 0.1) is 16.1 Å². The Hall–Kier alpha value is -2.69. The Bertz CT molecular complexity index is 943. The van der Waals surface area contributed by atoms with E-state index in [9.17, 15) is 31.1 Å². The number of piperazine rings is 1. The first-order chi connectivity index (χ1) is 14.4. The molecule has 3 rings (SSSR count). The first-order valence-corrected chi connectivity index (χ1v) is 9.38. The number of rotatable bonds is 4. The highest BCUT2D eigenvalue weighted by atomic mass is 35.5. The SMILES string of the molecule is O=C(COc1cccc(C(F)(F)F)c1)N1CCN(c2ncc(C(F)(F)F)cc2Cl)CC1. The van der Waals surface area contributed by atoms with Crippen molar-refractivity contribution in [3.63, 3.8) is 0 Å². The van der Waals surface area contributed by atoms with E-state index >= 15 is 0 Å². The van der Waals surface area contributed by atoms with Crippen LogP contribution in [-0.4, -0.2) is 48.6 Å². The number of halogens is 7. The van der Waals surface area contributed by atoms with Gasteiger partial charge in [-0.15, -0.1) is 0 Å². The topological polar surface area (TPSA) is 45.7 Å². The Morgan fingerprint density at radius 3 is 2.23 bits per heavy atom. The minimum atomic E-state index is -4.56. The van der Waals surface area contributed by atoms with Gasteiger partial charge < -0.3 is 14.5 Å². The first-order valence-electron chi connectivity index (χ1n) is 9.00. The summed E-state index contributed by atoms with van der Waals surface area (Å²) in [6.45, 7) is 0.551. The maximum absolute atomic E-state index is 12.7. The molecule has 168 valence electrons. The van der Waals surface area contributed by atoms with Crippen LogP contribution < -0.4 is 9.64 Å². The van der Waals surface area contributed by atoms with E-state index in [2.05, 4.69) is 4.98 Å². The van der Waals surface area contributed by atoms with Crippen molar-refractivity contribution in [2.24, 2.45) is 0 Å². The fraction of sp³-hybridized carbons (Fsp3) is 0.368. The number of carbonyl (C=O) groups excluding carboxylic acids is 1. The number of anilines is 1. The highest BCUT2D eigenvalue weighted by Crippen LogP contribution is 2.34. The van der Waals surface area contributed by atoms with Crippen molar-refractivity contribution in [2.75, 3.05) is 37.7 Å². The van der Waals surface area contributed by atoms with Gasteiger partial charge in [-0.25, -0.2) is 4.98 Å². The lowest BCUT2D eigenvalue weighted by molar-refractivity contribution is -0.138. The van der Waals surface area contributed by atoms with Gasteiger partial charge in [-0.2, -0.15) is 26.3 Å². The summed E-state index contributed by atoms with van der Waals surface area (Å²) in [5.41, 5.74) is -1.84. The molecule has 5 nitrogen and oxygen atoms in total. The van der Waals surface area contributed by atoms with Crippen molar-refractivity contribution in [1.29, 1.82) is 0 Å². The molecule has 1 aliphatic rings. The van der Waals surface area contributed by atoms with Gasteiger partial charge in [0.1, 0.15) is 11.6 Å². The van der Waals surface area contributed by atoms with Crippen LogP contribution in [0, 0.1) is 0 Å². The lowest BCUT2D eigenvalue weighted by atomic mass is 10.2. The van der Waals surface area contributed by atoms with Crippen LogP contribution in [0.25, 0.3) is 0 Å². The number of benzene rings is 1. The van der Waals surface area contributed by atoms with Gasteiger partial charge in [0.15, 0.2) is 6.61 Å². The summed E-state index contributed by atoms with van der Waals surface area (Å²) in [6, 6.07) is 5.00. The second-order valence-corrected chi connectivity index (χ2v) is 7.12. The van der Waals surface area contributed by atoms with Crippen molar-refractivity contribution in [1.82, 2.24) is 9.88 Å². The van der Waals surface area contributed by atoms with Crippen molar-refractivity contribution in [3.8, 4) is 5.75 Å². The smallest absolute Gasteiger partial charge is 0.417 e. The number of nitrogens with zero attached hydrogens (tertiary/aromatic N) is 3. The van der Waals surface area contributed by atoms with E-state index in [0.717, 1.165) is 18.2 Å². The molecule has 2 heterocycles. The van der Waals surface area contributed by atoms with Crippen molar-refractivity contribution < 1.29 is 35.9 Å². The molecule has 1 aliphatic heterocycles. The third-order valence-electron chi connectivity index (χ3n) is 4.60. The van der Waals surface area contributed by atoms with E-state index in [1.807, 2.05) is 0 Å². The van der Waals surface area contributed by atoms with Gasteiger partial charge in [-0.3, -0.25) is 4.79 Å². The first kappa shape index (κ1) is 23.0. The molecule has 1 amide bonds. The molecular formula is C19H16ClF6N3O2. The Labute approximate surface area is 178 Å². The van der Waals surface area contributed by atoms with Crippen LogP contribution in [0.2, 0.25) is 5.02 Å². The molecule has 0 spiro atoms. The molecule has 1 saturated heterocycles. The number of hydrogen-bond donors (Lipinski definition) is 0. The quantitative estimate of drug-likeness (QED) is 0.621. The summed E-state index contributed by atoms with van der Waals surface area (Å²) in [5, 5.41) is -0.150. The lowest BCUT2D eigenvalue weighted by Crippen LogP contribution is -2.50. The van der Waals surface area contributed by atoms with Gasteiger partial charge in [-0.1, -0.05) is 17.7 Å². The van der Waals surface area contributed by atoms with Crippen LogP contribution in [0.5, 0.6) is 5.75 Å². The number of pyridine rings is 1. The van der Waals surface area contributed by atoms with E-state index in [1.54, 1.807) is 4.90 Å². The zero-order valence-electron chi connectivity index (χ0n) is 15.8. The molecule has 0 bridgehead atoms. The van der Waals surface area contributed by atoms with E-state index in [-0.39, 0.29) is 42.8 Å². The molecule has 1 aromatic heterocycles. The number of amides is 1. The van der Waals surface area contributed by atoms with Crippen LogP contribution in [0.4, 0.5) is 32.2 Å². The number of ether oxygens (including phenoxy) is 1. The molecule has 1 aromatic carbocycles. The largest absolute Gasteiger partial charge is 0.484 e. The third kappa shape index (κ3) is 5.72. The second-order valence-electron chi connectivity index (χ2n) is 6.71. The Morgan fingerprint density at radius 1 is 1.00 bits per heavy atom. The summed E-state index contributed by atoms with van der Waals surface area (Å²) < 4.78 is 81.6. The average molecular weight is 468 g/mol. The van der Waals surface area contributed by atoms with Gasteiger partial charge in [-0.05, 0) is 24.3 Å². The molecular weight excluding hydrogens is 452 g/mol. The molecule has 12 heteroatoms. The van der Waals surface area contributed by atoms with Crippen LogP contribution in [-0.2, 0) is 17.1 Å². The zero-order chi connectivity index (χ0) is 22.8. The molecule has 2 aromatic rings. The number of hydrogen-bond acceptors (Lipinski definition) is 4. The van der Waals surface area contributed by atoms with Crippen LogP contribution in [0.15, 0.2) is 36.5 Å². The average Bonchev–Trinajstić information content (AvgIpc) is 2.71. The monoisotopic (exact) mass is 467 g/mol. The molecule has 1 fully saturated rings. The second kappa shape index (κ2) is 8.81. The molecule has 31 heavy (non-hydrogen) atoms. The Balaban J connectivity index is 1.55. The van der Waals surface area contributed by atoms with Crippen LogP contribution in [0.3, 0.4) is 0 Å². The molecule has 0 saturated carbocycles. The van der Waals surface area contributed by atoms with Gasteiger partial charge in [0, 0.05) is 32.4 Å². The standard InChI is InChI=1S/C19H16ClF6N3O2/c20-15-9-13(19(24,25)26)10-27-17(15)29-6-4-28(5-7-29)16(30)11-31-14-3-1-2-12(8-14)18(21,22)23/h1-3,8-10H,4-7,11H2. The minimum Gasteiger partial charge on any atom is -0.484 e. The summed E-state index contributed by atoms with van der Waals surface area (Å²) in [7, 11) is 0. The fourth-order valence-corrected chi connectivity index (χ4v) is 3.27. The van der Waals surface area contributed by atoms with Gasteiger partial charge >= 0.3 is 12.4 Å². The summed E-state index contributed by atoms with van der Waals surface area (Å²) in [5.74, 6) is -0.326. The number of alkyl halides is 6. The Kier molecular flexibility index (Phi) is 6.54. The zero-order valence-corrected chi connectivity index (χ0v) is 16.6. The predicted molar refractivity (Wildman–Crippen MR) is 100.0 cm³/mol. The number of carbonyl (C=O) groups is 1. The van der Waals surface area contributed by atoms with E-state index in [4.69, 9.17) is 16.3 Å². The minimum absolute atomic E-state index is 0.0810. The molecule has 0 N–H and O–H groups in total. The summed E-state index contributed by atoms with van der Waals surface area (Å²) >= 11 is 5.95. The third-order valence-corrected chi connectivity index (χ3v) is 4.88. The van der Waals surface area contributed by atoms with Crippen molar-refractivity contribution in [3.05, 3.63) is 52.7 Å². The van der Waals surface area contributed by atoms with Crippen LogP contribution >= 0.6 is 11.6 Å². The van der Waals surface area contributed by atoms with Crippen molar-refractivity contribution in [2.45, 2.75) is 12.4 Å². The van der Waals surface area contributed by atoms with Crippen molar-refractivity contribution >= 4 is 23.3 Å². The molecule has 0 unspecified atom stereocenters. The van der Waals surface area contributed by atoms with E-state index in [0.29, 0.717) is 6.20 Å². The Morgan fingerprint density at radius 2 is 1.65 bits per heavy atom. The summed E-state index contributed by atoms with van der Waals surface area (Å²) in [6.07, 6.45) is -8.38. The van der Waals surface area contributed by atoms with E-state index < -0.39 is 36.0 Å². The normalized spacial score (nSPS) is 15.2. The van der Waals surface area contributed by atoms with Gasteiger partial charge in [0.25, 0.3) is 5.91 Å². The molecule has 0 aliphatic carbocycles. The van der Waals surface area contributed by atoms with Crippen LogP contribution in [0.1, 0.15) is 11.1 Å². The fourth-order valence-electron chi connectivity index (χ4n) is 2.98. The highest BCUT2D eigenvalue weighted by Gasteiger charge is 2.33. The summed E-state index contributed by atoms with van der Waals surface area (Å²) in [4.78, 5) is 19.2. The maximum Gasteiger partial charge on any atom is 0.417 e. The van der Waals surface area contributed by atoms with Gasteiger partial charge in [0.2, 0.25) is 0 Å². The maximum atomic E-state index is 12.7. The highest BCUT2D eigenvalue weighted by molar-refractivity contribution is 6.33. The molecule has 0 atom stereocenters. The molecule has 0 radical (unpaired) electrons. The lowest BCUT2D eigenvalue weighted by Gasteiger charge is -2.35. The van der Waals surface area contributed by atoms with E-state index in [1.165, 1.54) is 17.0 Å². The predicted octanol–water partition coefficient (Wildman–Crippen LogP) is 4.50.